The van der Waals surface area contributed by atoms with Crippen molar-refractivity contribution in [2.75, 3.05) is 6.79 Å². The normalized spacial score (nSPS) is 15.0. The Morgan fingerprint density at radius 3 is 2.56 bits per heavy atom. The number of nitrogens with one attached hydrogen (secondary N) is 1. The van der Waals surface area contributed by atoms with E-state index in [1.165, 1.54) is 12.3 Å². The zero-order valence-corrected chi connectivity index (χ0v) is 18.9. The van der Waals surface area contributed by atoms with Crippen molar-refractivity contribution in [1.82, 2.24) is 5.32 Å². The predicted molar refractivity (Wildman–Crippen MR) is 124 cm³/mol. The van der Waals surface area contributed by atoms with Gasteiger partial charge in [-0.15, -0.1) is 0 Å². The number of rotatable bonds is 8. The van der Waals surface area contributed by atoms with Gasteiger partial charge in [-0.2, -0.15) is 0 Å². The molecule has 2 aromatic carbocycles. The molecule has 3 aromatic rings. The lowest BCUT2D eigenvalue weighted by molar-refractivity contribution is -0.128. The Bertz CT molecular complexity index is 1300. The van der Waals surface area contributed by atoms with Crippen LogP contribution in [0.2, 0.25) is 0 Å². The third kappa shape index (κ3) is 4.41. The molecule has 0 fully saturated rings. The van der Waals surface area contributed by atoms with E-state index in [0.29, 0.717) is 34.5 Å². The van der Waals surface area contributed by atoms with Crippen molar-refractivity contribution in [3.8, 4) is 17.2 Å². The first-order valence-electron chi connectivity index (χ1n) is 11.0. The van der Waals surface area contributed by atoms with Crippen molar-refractivity contribution in [2.24, 2.45) is 11.7 Å². The number of amides is 2. The maximum atomic E-state index is 13.4. The fourth-order valence-corrected chi connectivity index (χ4v) is 4.09. The van der Waals surface area contributed by atoms with Gasteiger partial charge in [0.25, 0.3) is 0 Å². The minimum absolute atomic E-state index is 0.00328. The minimum atomic E-state index is -0.888. The molecule has 34 heavy (non-hydrogen) atoms. The molecule has 2 heterocycles. The van der Waals surface area contributed by atoms with Crippen molar-refractivity contribution in [3.05, 3.63) is 64.0 Å². The molecule has 2 amide bonds. The van der Waals surface area contributed by atoms with Crippen molar-refractivity contribution >= 4 is 22.8 Å². The Morgan fingerprint density at radius 2 is 1.85 bits per heavy atom. The van der Waals surface area contributed by atoms with Gasteiger partial charge in [0.05, 0.1) is 11.6 Å². The predicted octanol–water partition coefficient (Wildman–Crippen LogP) is 2.77. The van der Waals surface area contributed by atoms with Gasteiger partial charge in [-0.3, -0.25) is 14.4 Å². The molecule has 1 aliphatic rings. The summed E-state index contributed by atoms with van der Waals surface area (Å²) in [6.07, 6.45) is 1.69. The number of hydrogen-bond acceptors (Lipinski definition) is 7. The van der Waals surface area contributed by atoms with Crippen molar-refractivity contribution < 1.29 is 28.6 Å². The Kier molecular flexibility index (Phi) is 6.45. The molecule has 178 valence electrons. The third-order valence-corrected chi connectivity index (χ3v) is 6.20. The summed E-state index contributed by atoms with van der Waals surface area (Å²) in [7, 11) is 0. The molecule has 0 saturated heterocycles. The van der Waals surface area contributed by atoms with E-state index in [1.54, 1.807) is 30.3 Å². The number of primary amides is 1. The van der Waals surface area contributed by atoms with Gasteiger partial charge in [0.2, 0.25) is 18.6 Å². The molecule has 0 spiro atoms. The molecule has 9 nitrogen and oxygen atoms in total. The summed E-state index contributed by atoms with van der Waals surface area (Å²) in [6.45, 7) is 3.70. The molecule has 0 saturated carbocycles. The lowest BCUT2D eigenvalue weighted by atomic mass is 9.87. The number of para-hydroxylation sites is 1. The van der Waals surface area contributed by atoms with E-state index in [2.05, 4.69) is 5.32 Å². The standard InChI is InChI=1S/C25H26N2O7/c1-3-13(2)23(25(26)31)27-22(29)9-15(16-8-20-21(10-18(16)28)34-12-33-20)17-11-32-19-7-5-4-6-14(19)24(17)30/h4-8,10-11,13,15,23,28H,3,9,12H2,1-2H3,(H2,26,31)(H,27,29)/t13-,15?,23-/m0/s1. The summed E-state index contributed by atoms with van der Waals surface area (Å²) in [5.74, 6) is -1.62. The topological polar surface area (TPSA) is 141 Å². The number of ether oxygens (including phenoxy) is 2. The highest BCUT2D eigenvalue weighted by molar-refractivity contribution is 5.87. The first-order chi connectivity index (χ1) is 16.3. The Labute approximate surface area is 195 Å². The van der Waals surface area contributed by atoms with E-state index in [9.17, 15) is 19.5 Å². The van der Waals surface area contributed by atoms with E-state index >= 15 is 0 Å². The van der Waals surface area contributed by atoms with Crippen molar-refractivity contribution in [3.63, 3.8) is 0 Å². The highest BCUT2D eigenvalue weighted by Gasteiger charge is 2.30. The van der Waals surface area contributed by atoms with Gasteiger partial charge in [0.15, 0.2) is 16.9 Å². The molecule has 3 atom stereocenters. The SMILES string of the molecule is CC[C@H](C)[C@H](NC(=O)CC(c1cc2c(cc1O)OCO2)c1coc2ccccc2c1=O)C(N)=O. The Balaban J connectivity index is 1.77. The molecule has 1 aliphatic heterocycles. The number of hydrogen-bond donors (Lipinski definition) is 3. The minimum Gasteiger partial charge on any atom is -0.508 e. The molecular formula is C25H26N2O7. The number of carbonyl (C=O) groups is 2. The van der Waals surface area contributed by atoms with E-state index in [-0.39, 0.29) is 35.9 Å². The highest BCUT2D eigenvalue weighted by atomic mass is 16.7. The molecule has 1 unspecified atom stereocenters. The summed E-state index contributed by atoms with van der Waals surface area (Å²) in [5.41, 5.74) is 6.05. The van der Waals surface area contributed by atoms with Crippen LogP contribution in [-0.2, 0) is 9.59 Å². The van der Waals surface area contributed by atoms with Gasteiger partial charge >= 0.3 is 0 Å². The van der Waals surface area contributed by atoms with Gasteiger partial charge in [-0.25, -0.2) is 0 Å². The second-order valence-electron chi connectivity index (χ2n) is 8.37. The molecule has 0 bridgehead atoms. The van der Waals surface area contributed by atoms with Crippen LogP contribution in [0.1, 0.15) is 43.7 Å². The molecular weight excluding hydrogens is 440 g/mol. The molecule has 4 N–H and O–H groups in total. The van der Waals surface area contributed by atoms with E-state index < -0.39 is 23.8 Å². The Hall–Kier alpha value is -4.01. The van der Waals surface area contributed by atoms with Gasteiger partial charge in [0.1, 0.15) is 17.4 Å². The first kappa shape index (κ1) is 23.2. The van der Waals surface area contributed by atoms with Crippen molar-refractivity contribution in [2.45, 2.75) is 38.6 Å². The molecule has 0 aliphatic carbocycles. The highest BCUT2D eigenvalue weighted by Crippen LogP contribution is 2.42. The zero-order chi connectivity index (χ0) is 24.4. The quantitative estimate of drug-likeness (QED) is 0.463. The van der Waals surface area contributed by atoms with Crippen LogP contribution in [-0.4, -0.2) is 29.8 Å². The van der Waals surface area contributed by atoms with Crippen LogP contribution in [0.15, 0.2) is 51.9 Å². The molecule has 4 rings (SSSR count). The fourth-order valence-electron chi connectivity index (χ4n) is 4.09. The summed E-state index contributed by atoms with van der Waals surface area (Å²) in [4.78, 5) is 38.3. The summed E-state index contributed by atoms with van der Waals surface area (Å²) in [5, 5.41) is 13.8. The monoisotopic (exact) mass is 466 g/mol. The maximum absolute atomic E-state index is 13.4. The lowest BCUT2D eigenvalue weighted by Gasteiger charge is -2.23. The van der Waals surface area contributed by atoms with E-state index in [1.807, 2.05) is 13.8 Å². The number of carbonyl (C=O) groups excluding carboxylic acids is 2. The lowest BCUT2D eigenvalue weighted by Crippen LogP contribution is -2.48. The van der Waals surface area contributed by atoms with Gasteiger partial charge < -0.3 is 30.0 Å². The number of phenolic OH excluding ortho intramolecular Hbond substituents is 1. The largest absolute Gasteiger partial charge is 0.508 e. The van der Waals surface area contributed by atoms with Crippen LogP contribution < -0.4 is 26.0 Å². The van der Waals surface area contributed by atoms with Crippen LogP contribution >= 0.6 is 0 Å². The zero-order valence-electron chi connectivity index (χ0n) is 18.9. The second kappa shape index (κ2) is 9.46. The summed E-state index contributed by atoms with van der Waals surface area (Å²) < 4.78 is 16.4. The van der Waals surface area contributed by atoms with Crippen LogP contribution in [0.3, 0.4) is 0 Å². The van der Waals surface area contributed by atoms with Crippen molar-refractivity contribution in [1.29, 1.82) is 0 Å². The smallest absolute Gasteiger partial charge is 0.240 e. The van der Waals surface area contributed by atoms with Crippen LogP contribution in [0.5, 0.6) is 17.2 Å². The van der Waals surface area contributed by atoms with Gasteiger partial charge in [-0.05, 0) is 24.1 Å². The molecule has 0 radical (unpaired) electrons. The number of nitrogens with two attached hydrogens (primary N) is 1. The second-order valence-corrected chi connectivity index (χ2v) is 8.37. The average Bonchev–Trinajstić information content (AvgIpc) is 3.28. The summed E-state index contributed by atoms with van der Waals surface area (Å²) >= 11 is 0. The maximum Gasteiger partial charge on any atom is 0.240 e. The average molecular weight is 466 g/mol. The van der Waals surface area contributed by atoms with Crippen LogP contribution in [0.25, 0.3) is 11.0 Å². The van der Waals surface area contributed by atoms with Crippen LogP contribution in [0, 0.1) is 5.92 Å². The fraction of sp³-hybridized carbons (Fsp3) is 0.320. The number of phenols is 1. The number of aromatic hydroxyl groups is 1. The van der Waals surface area contributed by atoms with E-state index in [0.717, 1.165) is 0 Å². The molecule has 9 heteroatoms. The number of benzene rings is 2. The van der Waals surface area contributed by atoms with Gasteiger partial charge in [0, 0.05) is 29.5 Å². The third-order valence-electron chi connectivity index (χ3n) is 6.20. The summed E-state index contributed by atoms with van der Waals surface area (Å²) in [6, 6.07) is 8.83. The number of fused-ring (bicyclic) bond motifs is 2. The Morgan fingerprint density at radius 1 is 1.15 bits per heavy atom. The van der Waals surface area contributed by atoms with E-state index in [4.69, 9.17) is 19.6 Å². The molecule has 1 aromatic heterocycles. The van der Waals surface area contributed by atoms with Gasteiger partial charge in [-0.1, -0.05) is 32.4 Å². The van der Waals surface area contributed by atoms with Crippen LogP contribution in [0.4, 0.5) is 0 Å². The first-order valence-corrected chi connectivity index (χ1v) is 11.0.